The van der Waals surface area contributed by atoms with Crippen molar-refractivity contribution in [3.63, 3.8) is 0 Å². The first-order chi connectivity index (χ1) is 18.1. The first-order valence-electron chi connectivity index (χ1n) is 13.0. The minimum Gasteiger partial charge on any atom is -0.339 e. The predicted molar refractivity (Wildman–Crippen MR) is 133 cm³/mol. The summed E-state index contributed by atoms with van der Waals surface area (Å²) in [6, 6.07) is 7.02. The molecule has 2 heterocycles. The first kappa shape index (κ1) is 28.0. The number of rotatable bonds is 4. The standard InChI is InChI=1S/C28H29F6NO3S/c1-26(31,28(32,33)34)20-4-5-21-19(15-20)3-7-24-27(21,16-17-2-6-22(29)23(30)14-17)10-11-35(24)25(36)18-8-12-39(37,38)13-9-18/h2,4-6,14-15,18,24H,3,7-13,16H2,1H3. The van der Waals surface area contributed by atoms with Crippen molar-refractivity contribution in [1.82, 2.24) is 4.90 Å². The number of benzene rings is 2. The van der Waals surface area contributed by atoms with E-state index < -0.39 is 50.2 Å². The Bertz CT molecular complexity index is 1390. The van der Waals surface area contributed by atoms with Crippen LogP contribution in [0.15, 0.2) is 36.4 Å². The summed E-state index contributed by atoms with van der Waals surface area (Å²) < 4.78 is 107. The van der Waals surface area contributed by atoms with Crippen molar-refractivity contribution in [3.8, 4) is 0 Å². The number of fused-ring (bicyclic) bond motifs is 3. The summed E-state index contributed by atoms with van der Waals surface area (Å²) >= 11 is 0. The van der Waals surface area contributed by atoms with Gasteiger partial charge in [-0.05, 0) is 79.8 Å². The summed E-state index contributed by atoms with van der Waals surface area (Å²) in [4.78, 5) is 15.4. The molecule has 3 unspecified atom stereocenters. The predicted octanol–water partition coefficient (Wildman–Crippen LogP) is 5.56. The third kappa shape index (κ3) is 4.85. The van der Waals surface area contributed by atoms with Crippen molar-refractivity contribution in [2.75, 3.05) is 18.1 Å². The molecule has 0 bridgehead atoms. The van der Waals surface area contributed by atoms with Gasteiger partial charge in [0.05, 0.1) is 11.5 Å². The Labute approximate surface area is 223 Å². The fourth-order valence-corrected chi connectivity index (χ4v) is 8.16. The van der Waals surface area contributed by atoms with Crippen LogP contribution in [0.5, 0.6) is 0 Å². The van der Waals surface area contributed by atoms with E-state index in [-0.39, 0.29) is 42.7 Å². The molecule has 0 spiro atoms. The maximum Gasteiger partial charge on any atom is 0.426 e. The number of carbonyl (C=O) groups is 1. The molecule has 3 atom stereocenters. The Morgan fingerprint density at radius 1 is 1.00 bits per heavy atom. The summed E-state index contributed by atoms with van der Waals surface area (Å²) in [7, 11) is -3.17. The number of hydrogen-bond acceptors (Lipinski definition) is 3. The van der Waals surface area contributed by atoms with Crippen molar-refractivity contribution < 1.29 is 39.6 Å². The molecule has 0 N–H and O–H groups in total. The number of alkyl halides is 4. The summed E-state index contributed by atoms with van der Waals surface area (Å²) in [5, 5.41) is 0. The molecule has 0 saturated carbocycles. The molecular formula is C28H29F6NO3S. The molecule has 1 aliphatic carbocycles. The van der Waals surface area contributed by atoms with Crippen molar-refractivity contribution in [1.29, 1.82) is 0 Å². The average Bonchev–Trinajstić information content (AvgIpc) is 3.24. The van der Waals surface area contributed by atoms with Crippen LogP contribution >= 0.6 is 0 Å². The fourth-order valence-electron chi connectivity index (χ4n) is 6.67. The topological polar surface area (TPSA) is 54.5 Å². The van der Waals surface area contributed by atoms with Crippen LogP contribution in [-0.4, -0.2) is 49.5 Å². The normalized spacial score (nSPS) is 26.5. The van der Waals surface area contributed by atoms with E-state index in [1.54, 1.807) is 4.90 Å². The van der Waals surface area contributed by atoms with Crippen molar-refractivity contribution in [2.45, 2.75) is 68.8 Å². The number of nitrogens with zero attached hydrogens (tertiary/aromatic N) is 1. The third-order valence-electron chi connectivity index (χ3n) is 8.91. The number of halogens is 6. The molecule has 0 radical (unpaired) electrons. The van der Waals surface area contributed by atoms with Gasteiger partial charge in [0.25, 0.3) is 0 Å². The van der Waals surface area contributed by atoms with Gasteiger partial charge in [0, 0.05) is 23.9 Å². The first-order valence-corrected chi connectivity index (χ1v) is 14.8. The van der Waals surface area contributed by atoms with Gasteiger partial charge in [-0.3, -0.25) is 4.79 Å². The van der Waals surface area contributed by atoms with Crippen LogP contribution in [0.2, 0.25) is 0 Å². The lowest BCUT2D eigenvalue weighted by Crippen LogP contribution is -2.51. The maximum atomic E-state index is 14.8. The van der Waals surface area contributed by atoms with E-state index in [1.165, 1.54) is 18.2 Å². The van der Waals surface area contributed by atoms with Crippen LogP contribution in [-0.2, 0) is 38.6 Å². The highest BCUT2D eigenvalue weighted by atomic mass is 32.2. The summed E-state index contributed by atoms with van der Waals surface area (Å²) in [6.07, 6.45) is -3.32. The van der Waals surface area contributed by atoms with E-state index in [0.29, 0.717) is 49.4 Å². The Kier molecular flexibility index (Phi) is 6.83. The second kappa shape index (κ2) is 9.52. The zero-order chi connectivity index (χ0) is 28.4. The number of hydrogen-bond donors (Lipinski definition) is 0. The molecule has 5 rings (SSSR count). The molecule has 212 valence electrons. The van der Waals surface area contributed by atoms with Gasteiger partial charge in [0.15, 0.2) is 11.6 Å². The van der Waals surface area contributed by atoms with E-state index in [2.05, 4.69) is 0 Å². The minimum atomic E-state index is -5.11. The van der Waals surface area contributed by atoms with Gasteiger partial charge in [-0.15, -0.1) is 0 Å². The largest absolute Gasteiger partial charge is 0.426 e. The van der Waals surface area contributed by atoms with Gasteiger partial charge < -0.3 is 4.90 Å². The SMILES string of the molecule is CC(F)(c1ccc2c(c1)CCC1N(C(=O)C3CCS(=O)(=O)CC3)CCC21Cc1ccc(F)c(F)c1)C(F)(F)F. The second-order valence-corrected chi connectivity index (χ2v) is 13.5. The molecule has 4 nitrogen and oxygen atoms in total. The fraction of sp³-hybridized carbons (Fsp3) is 0.536. The van der Waals surface area contributed by atoms with Crippen LogP contribution in [0, 0.1) is 17.6 Å². The monoisotopic (exact) mass is 573 g/mol. The van der Waals surface area contributed by atoms with Gasteiger partial charge >= 0.3 is 6.18 Å². The number of likely N-dealkylation sites (tertiary alicyclic amines) is 1. The molecule has 11 heteroatoms. The lowest BCUT2D eigenvalue weighted by molar-refractivity contribution is -0.228. The lowest BCUT2D eigenvalue weighted by Gasteiger charge is -2.44. The van der Waals surface area contributed by atoms with Crippen LogP contribution in [0.1, 0.15) is 54.9 Å². The quantitative estimate of drug-likeness (QED) is 0.450. The van der Waals surface area contributed by atoms with Gasteiger partial charge in [-0.25, -0.2) is 21.6 Å². The highest BCUT2D eigenvalue weighted by Crippen LogP contribution is 2.51. The van der Waals surface area contributed by atoms with E-state index >= 15 is 0 Å². The summed E-state index contributed by atoms with van der Waals surface area (Å²) in [6.45, 7) is 0.818. The Balaban J connectivity index is 1.54. The lowest BCUT2D eigenvalue weighted by atomic mass is 9.63. The molecule has 2 saturated heterocycles. The van der Waals surface area contributed by atoms with Crippen LogP contribution in [0.25, 0.3) is 0 Å². The zero-order valence-electron chi connectivity index (χ0n) is 21.3. The highest BCUT2D eigenvalue weighted by Gasteiger charge is 2.56. The summed E-state index contributed by atoms with van der Waals surface area (Å²) in [5.74, 6) is -2.76. The smallest absolute Gasteiger partial charge is 0.339 e. The van der Waals surface area contributed by atoms with E-state index in [0.717, 1.165) is 18.2 Å². The van der Waals surface area contributed by atoms with Gasteiger partial charge in [0.2, 0.25) is 11.6 Å². The molecule has 39 heavy (non-hydrogen) atoms. The molecule has 0 aromatic heterocycles. The van der Waals surface area contributed by atoms with Crippen LogP contribution in [0.3, 0.4) is 0 Å². The minimum absolute atomic E-state index is 0.0608. The summed E-state index contributed by atoms with van der Waals surface area (Å²) in [5.41, 5.74) is -3.18. The molecule has 2 aromatic rings. The second-order valence-electron chi connectivity index (χ2n) is 11.2. The molecule has 2 fully saturated rings. The van der Waals surface area contributed by atoms with E-state index in [4.69, 9.17) is 0 Å². The third-order valence-corrected chi connectivity index (χ3v) is 10.6. The maximum absolute atomic E-state index is 14.8. The van der Waals surface area contributed by atoms with Crippen LogP contribution < -0.4 is 0 Å². The van der Waals surface area contributed by atoms with Crippen molar-refractivity contribution >= 4 is 15.7 Å². The van der Waals surface area contributed by atoms with Gasteiger partial charge in [-0.1, -0.05) is 24.3 Å². The van der Waals surface area contributed by atoms with Crippen molar-refractivity contribution in [2.24, 2.45) is 5.92 Å². The van der Waals surface area contributed by atoms with Gasteiger partial charge in [0.1, 0.15) is 9.84 Å². The Hall–Kier alpha value is -2.56. The highest BCUT2D eigenvalue weighted by molar-refractivity contribution is 7.91. The van der Waals surface area contributed by atoms with E-state index in [9.17, 15) is 39.6 Å². The molecule has 2 aliphatic heterocycles. The van der Waals surface area contributed by atoms with E-state index in [1.807, 2.05) is 0 Å². The zero-order valence-corrected chi connectivity index (χ0v) is 22.1. The van der Waals surface area contributed by atoms with Gasteiger partial charge in [-0.2, -0.15) is 13.2 Å². The number of aryl methyl sites for hydroxylation is 1. The molecular weight excluding hydrogens is 544 g/mol. The van der Waals surface area contributed by atoms with Crippen molar-refractivity contribution in [3.05, 3.63) is 70.3 Å². The molecule has 1 amide bonds. The molecule has 3 aliphatic rings. The average molecular weight is 574 g/mol. The Morgan fingerprint density at radius 2 is 1.69 bits per heavy atom. The van der Waals surface area contributed by atoms with Crippen LogP contribution in [0.4, 0.5) is 26.3 Å². The number of sulfone groups is 1. The number of amides is 1. The Morgan fingerprint density at radius 3 is 2.33 bits per heavy atom. The molecule has 2 aromatic carbocycles. The number of carbonyl (C=O) groups excluding carboxylic acids is 1.